The molecule has 0 fully saturated rings. The van der Waals surface area contributed by atoms with Crippen molar-refractivity contribution in [1.82, 2.24) is 0 Å². The standard InChI is InChI=1S/C19H28NO/c1-17(10-7-8-13-19-14-9-15-21-19)20(2,3)16-18-11-5-4-6-12-18/h4-6,9,11-12,14-15,17H,7-8,10,13,16H2,1-3H3/q+1. The number of nitrogens with zero attached hydrogens (tertiary/aromatic N) is 1. The van der Waals surface area contributed by atoms with Crippen molar-refractivity contribution in [2.24, 2.45) is 0 Å². The summed E-state index contributed by atoms with van der Waals surface area (Å²) in [6, 6.07) is 15.5. The Hall–Kier alpha value is -1.54. The van der Waals surface area contributed by atoms with Crippen LogP contribution in [-0.2, 0) is 13.0 Å². The van der Waals surface area contributed by atoms with Gasteiger partial charge in [0.05, 0.1) is 26.4 Å². The molecule has 0 radical (unpaired) electrons. The lowest BCUT2D eigenvalue weighted by molar-refractivity contribution is -0.926. The molecular weight excluding hydrogens is 258 g/mol. The van der Waals surface area contributed by atoms with Crippen molar-refractivity contribution in [2.75, 3.05) is 14.1 Å². The van der Waals surface area contributed by atoms with Crippen LogP contribution < -0.4 is 0 Å². The Morgan fingerprint density at radius 1 is 1.00 bits per heavy atom. The third-order valence-corrected chi connectivity index (χ3v) is 4.50. The summed E-state index contributed by atoms with van der Waals surface area (Å²) < 4.78 is 6.43. The van der Waals surface area contributed by atoms with Gasteiger partial charge in [0, 0.05) is 12.0 Å². The minimum Gasteiger partial charge on any atom is -0.469 e. The molecule has 0 saturated heterocycles. The lowest BCUT2D eigenvalue weighted by Gasteiger charge is -2.36. The van der Waals surface area contributed by atoms with Gasteiger partial charge in [-0.25, -0.2) is 0 Å². The molecule has 21 heavy (non-hydrogen) atoms. The van der Waals surface area contributed by atoms with Gasteiger partial charge in [-0.3, -0.25) is 0 Å². The molecule has 0 aliphatic heterocycles. The maximum Gasteiger partial charge on any atom is 0.104 e. The minimum absolute atomic E-state index is 0.668. The molecule has 1 unspecified atom stereocenters. The van der Waals surface area contributed by atoms with E-state index in [1.54, 1.807) is 6.26 Å². The molecule has 1 aromatic heterocycles. The number of aryl methyl sites for hydroxylation is 1. The number of benzene rings is 1. The molecule has 1 atom stereocenters. The highest BCUT2D eigenvalue weighted by Crippen LogP contribution is 2.18. The number of hydrogen-bond donors (Lipinski definition) is 0. The summed E-state index contributed by atoms with van der Waals surface area (Å²) >= 11 is 0. The maximum atomic E-state index is 5.38. The number of unbranched alkanes of at least 4 members (excludes halogenated alkanes) is 1. The number of furan rings is 1. The van der Waals surface area contributed by atoms with Crippen molar-refractivity contribution in [3.8, 4) is 0 Å². The van der Waals surface area contributed by atoms with Gasteiger partial charge in [0.25, 0.3) is 0 Å². The third-order valence-electron chi connectivity index (χ3n) is 4.50. The first-order valence-electron chi connectivity index (χ1n) is 7.97. The van der Waals surface area contributed by atoms with Crippen LogP contribution in [0, 0.1) is 0 Å². The molecular formula is C19H28NO+. The highest BCUT2D eigenvalue weighted by Gasteiger charge is 2.23. The summed E-state index contributed by atoms with van der Waals surface area (Å²) in [6.07, 6.45) is 6.56. The normalized spacial score (nSPS) is 13.3. The molecule has 1 heterocycles. The van der Waals surface area contributed by atoms with Crippen LogP contribution in [0.15, 0.2) is 53.1 Å². The Morgan fingerprint density at radius 2 is 1.76 bits per heavy atom. The van der Waals surface area contributed by atoms with Crippen molar-refractivity contribution in [3.63, 3.8) is 0 Å². The van der Waals surface area contributed by atoms with Gasteiger partial charge in [-0.15, -0.1) is 0 Å². The van der Waals surface area contributed by atoms with E-state index in [-0.39, 0.29) is 0 Å². The smallest absolute Gasteiger partial charge is 0.104 e. The summed E-state index contributed by atoms with van der Waals surface area (Å²) in [5, 5.41) is 0. The zero-order valence-corrected chi connectivity index (χ0v) is 13.6. The summed E-state index contributed by atoms with van der Waals surface area (Å²) in [6.45, 7) is 3.47. The highest BCUT2D eigenvalue weighted by atomic mass is 16.3. The maximum absolute atomic E-state index is 5.38. The van der Waals surface area contributed by atoms with Gasteiger partial charge >= 0.3 is 0 Å². The summed E-state index contributed by atoms with van der Waals surface area (Å²) in [5.74, 6) is 1.11. The Kier molecular flexibility index (Phi) is 5.63. The van der Waals surface area contributed by atoms with Crippen molar-refractivity contribution < 1.29 is 8.90 Å². The van der Waals surface area contributed by atoms with Crippen LogP contribution in [0.1, 0.15) is 37.5 Å². The van der Waals surface area contributed by atoms with Crippen LogP contribution in [0.2, 0.25) is 0 Å². The molecule has 1 aromatic carbocycles. The Bertz CT molecular complexity index is 502. The zero-order chi connectivity index (χ0) is 15.1. The Balaban J connectivity index is 1.74. The van der Waals surface area contributed by atoms with Crippen LogP contribution >= 0.6 is 0 Å². The summed E-state index contributed by atoms with van der Waals surface area (Å²) in [5.41, 5.74) is 1.42. The topological polar surface area (TPSA) is 13.1 Å². The second-order valence-corrected chi connectivity index (χ2v) is 6.60. The SMILES string of the molecule is CC(CCCCc1ccco1)[N+](C)(C)Cc1ccccc1. The minimum atomic E-state index is 0.668. The van der Waals surface area contributed by atoms with Crippen molar-refractivity contribution in [2.45, 2.75) is 45.2 Å². The Morgan fingerprint density at radius 3 is 2.43 bits per heavy atom. The zero-order valence-electron chi connectivity index (χ0n) is 13.6. The predicted octanol–water partition coefficient (Wildman–Crippen LogP) is 4.66. The fraction of sp³-hybridized carbons (Fsp3) is 0.474. The van der Waals surface area contributed by atoms with Crippen molar-refractivity contribution in [1.29, 1.82) is 0 Å². The molecule has 0 amide bonds. The predicted molar refractivity (Wildman–Crippen MR) is 88.0 cm³/mol. The molecule has 114 valence electrons. The monoisotopic (exact) mass is 286 g/mol. The lowest BCUT2D eigenvalue weighted by Crippen LogP contribution is -2.46. The lowest BCUT2D eigenvalue weighted by atomic mass is 10.0. The van der Waals surface area contributed by atoms with Crippen LogP contribution in [0.3, 0.4) is 0 Å². The molecule has 2 heteroatoms. The van der Waals surface area contributed by atoms with Crippen LogP contribution in [0.5, 0.6) is 0 Å². The molecule has 0 aliphatic carbocycles. The van der Waals surface area contributed by atoms with Gasteiger partial charge in [-0.1, -0.05) is 30.3 Å². The Labute approximate surface area is 129 Å². The molecule has 0 spiro atoms. The van der Waals surface area contributed by atoms with Crippen LogP contribution in [-0.4, -0.2) is 24.6 Å². The van der Waals surface area contributed by atoms with Gasteiger partial charge in [-0.2, -0.15) is 0 Å². The van der Waals surface area contributed by atoms with Crippen LogP contribution in [0.4, 0.5) is 0 Å². The largest absolute Gasteiger partial charge is 0.469 e. The first kappa shape index (κ1) is 15.8. The van der Waals surface area contributed by atoms with E-state index in [0.29, 0.717) is 6.04 Å². The highest BCUT2D eigenvalue weighted by molar-refractivity contribution is 5.13. The number of hydrogen-bond acceptors (Lipinski definition) is 1. The van der Waals surface area contributed by atoms with E-state index in [0.717, 1.165) is 23.2 Å². The van der Waals surface area contributed by atoms with Gasteiger partial charge < -0.3 is 8.90 Å². The van der Waals surface area contributed by atoms with E-state index >= 15 is 0 Å². The second kappa shape index (κ2) is 7.46. The van der Waals surface area contributed by atoms with E-state index in [1.165, 1.54) is 24.8 Å². The number of rotatable bonds is 8. The quantitative estimate of drug-likeness (QED) is 0.508. The molecule has 2 nitrogen and oxygen atoms in total. The summed E-state index contributed by atoms with van der Waals surface area (Å²) in [7, 11) is 4.67. The average molecular weight is 286 g/mol. The molecule has 0 bridgehead atoms. The first-order chi connectivity index (χ1) is 10.1. The van der Waals surface area contributed by atoms with E-state index < -0.39 is 0 Å². The average Bonchev–Trinajstić information content (AvgIpc) is 2.97. The summed E-state index contributed by atoms with van der Waals surface area (Å²) in [4.78, 5) is 0. The van der Waals surface area contributed by atoms with E-state index in [4.69, 9.17) is 4.42 Å². The van der Waals surface area contributed by atoms with E-state index in [9.17, 15) is 0 Å². The van der Waals surface area contributed by atoms with Gasteiger partial charge in [0.2, 0.25) is 0 Å². The molecule has 0 aliphatic rings. The first-order valence-corrected chi connectivity index (χ1v) is 7.97. The molecule has 2 aromatic rings. The van der Waals surface area contributed by atoms with E-state index in [1.807, 2.05) is 6.07 Å². The fourth-order valence-corrected chi connectivity index (χ4v) is 2.75. The third kappa shape index (κ3) is 5.05. The van der Waals surface area contributed by atoms with Crippen LogP contribution in [0.25, 0.3) is 0 Å². The molecule has 0 saturated carbocycles. The molecule has 0 N–H and O–H groups in total. The second-order valence-electron chi connectivity index (χ2n) is 6.60. The van der Waals surface area contributed by atoms with Gasteiger partial charge in [0.15, 0.2) is 0 Å². The van der Waals surface area contributed by atoms with Gasteiger partial charge in [0.1, 0.15) is 12.3 Å². The number of quaternary nitrogens is 1. The fourth-order valence-electron chi connectivity index (χ4n) is 2.75. The van der Waals surface area contributed by atoms with Crippen molar-refractivity contribution in [3.05, 3.63) is 60.1 Å². The van der Waals surface area contributed by atoms with Gasteiger partial charge in [-0.05, 0) is 38.3 Å². The van der Waals surface area contributed by atoms with E-state index in [2.05, 4.69) is 57.4 Å². The van der Waals surface area contributed by atoms with Crippen molar-refractivity contribution >= 4 is 0 Å². The molecule has 2 rings (SSSR count).